The molecule has 2 N–H and O–H groups in total. The van der Waals surface area contributed by atoms with Gasteiger partial charge in [0.15, 0.2) is 6.29 Å². The molecule has 2 amide bonds. The van der Waals surface area contributed by atoms with Crippen LogP contribution in [0.4, 0.5) is 5.69 Å². The molecule has 9 heteroatoms. The van der Waals surface area contributed by atoms with Gasteiger partial charge in [-0.3, -0.25) is 24.1 Å². The first-order valence-electron chi connectivity index (χ1n) is 14.0. The highest BCUT2D eigenvalue weighted by molar-refractivity contribution is 8.03. The molecule has 0 spiro atoms. The molecule has 0 saturated carbocycles. The van der Waals surface area contributed by atoms with Gasteiger partial charge in [0, 0.05) is 53.4 Å². The van der Waals surface area contributed by atoms with Gasteiger partial charge in [-0.25, -0.2) is 0 Å². The summed E-state index contributed by atoms with van der Waals surface area (Å²) in [4.78, 5) is 54.2. The molecular weight excluding hydrogens is 538 g/mol. The monoisotopic (exact) mass is 577 g/mol. The first-order valence-corrected chi connectivity index (χ1v) is 14.9. The summed E-state index contributed by atoms with van der Waals surface area (Å²) in [6, 6.07) is 12.4. The number of rotatable bonds is 10. The summed E-state index contributed by atoms with van der Waals surface area (Å²) in [5, 5.41) is 13.1. The number of carbonyl (C=O) groups excluding carboxylic acids is 4. The zero-order valence-electron chi connectivity index (χ0n) is 24.3. The first-order chi connectivity index (χ1) is 19.5. The number of allylic oxidation sites excluding steroid dienone is 1. The molecule has 0 radical (unpaired) electrons. The summed E-state index contributed by atoms with van der Waals surface area (Å²) in [6.07, 6.45) is 1.80. The summed E-state index contributed by atoms with van der Waals surface area (Å²) < 4.78 is 0. The number of hydrogen-bond donors (Lipinski definition) is 2. The van der Waals surface area contributed by atoms with Crippen molar-refractivity contribution >= 4 is 41.8 Å². The number of nitrogens with zero attached hydrogens (tertiary/aromatic N) is 2. The topological polar surface area (TPSA) is 107 Å². The summed E-state index contributed by atoms with van der Waals surface area (Å²) in [6.45, 7) is 10.5. The van der Waals surface area contributed by atoms with Crippen molar-refractivity contribution in [1.29, 1.82) is 0 Å². The van der Waals surface area contributed by atoms with E-state index >= 15 is 0 Å². The normalized spacial score (nSPS) is 23.5. The van der Waals surface area contributed by atoms with Gasteiger partial charge in [0.25, 0.3) is 0 Å². The second kappa shape index (κ2) is 13.1. The number of likely N-dealkylation sites (tertiary alicyclic amines) is 1. The molecule has 1 fully saturated rings. The van der Waals surface area contributed by atoms with E-state index in [1.54, 1.807) is 43.0 Å². The van der Waals surface area contributed by atoms with Gasteiger partial charge in [-0.1, -0.05) is 37.3 Å². The Balaban J connectivity index is 1.60. The molecule has 2 aliphatic heterocycles. The van der Waals surface area contributed by atoms with Crippen LogP contribution in [-0.4, -0.2) is 69.3 Å². The zero-order valence-corrected chi connectivity index (χ0v) is 25.1. The van der Waals surface area contributed by atoms with Crippen LogP contribution in [0.15, 0.2) is 53.1 Å². The largest absolute Gasteiger partial charge is 0.393 e. The van der Waals surface area contributed by atoms with Crippen molar-refractivity contribution in [1.82, 2.24) is 9.80 Å². The minimum atomic E-state index is -0.618. The zero-order chi connectivity index (χ0) is 29.8. The minimum Gasteiger partial charge on any atom is -0.393 e. The standard InChI is InChI=1S/C32H39N3O5S/c1-19-9-10-24(11-20(19)2)15-34-16-27(14-29(34)32(40)33-26-8-6-7-25(13-26)17-36)41-31-22(4)28(12-21(3)38)35(23(5)39)30(31)18-37/h6-11,13,17-18,21-22,27-29,38H,12,14-16H2,1-5H3,(H,33,40)/t21-,22-,27+,28+,29+/m1/s1. The van der Waals surface area contributed by atoms with E-state index in [0.717, 1.165) is 23.0 Å². The van der Waals surface area contributed by atoms with Gasteiger partial charge >= 0.3 is 0 Å². The Morgan fingerprint density at radius 2 is 1.88 bits per heavy atom. The van der Waals surface area contributed by atoms with Gasteiger partial charge in [0.1, 0.15) is 6.29 Å². The molecule has 2 aromatic carbocycles. The van der Waals surface area contributed by atoms with E-state index in [0.29, 0.717) is 42.9 Å². The number of benzene rings is 2. The van der Waals surface area contributed by atoms with Crippen LogP contribution >= 0.6 is 11.8 Å². The fourth-order valence-corrected chi connectivity index (χ4v) is 7.44. The molecule has 2 aliphatic rings. The lowest BCUT2D eigenvalue weighted by Gasteiger charge is -2.28. The number of aliphatic hydroxyl groups excluding tert-OH is 1. The van der Waals surface area contributed by atoms with Gasteiger partial charge in [0.2, 0.25) is 11.8 Å². The molecule has 2 aromatic rings. The van der Waals surface area contributed by atoms with E-state index < -0.39 is 12.1 Å². The molecule has 4 rings (SSSR count). The predicted octanol–water partition coefficient (Wildman–Crippen LogP) is 4.48. The van der Waals surface area contributed by atoms with Gasteiger partial charge in [-0.2, -0.15) is 0 Å². The van der Waals surface area contributed by atoms with Crippen LogP contribution in [0.3, 0.4) is 0 Å². The lowest BCUT2D eigenvalue weighted by atomic mass is 9.98. The van der Waals surface area contributed by atoms with Crippen LogP contribution in [0.5, 0.6) is 0 Å². The number of carbonyl (C=O) groups is 4. The van der Waals surface area contributed by atoms with E-state index in [4.69, 9.17) is 0 Å². The quantitative estimate of drug-likeness (QED) is 0.401. The number of hydrogen-bond acceptors (Lipinski definition) is 7. The third-order valence-corrected chi connectivity index (χ3v) is 9.59. The number of anilines is 1. The van der Waals surface area contributed by atoms with E-state index in [1.165, 1.54) is 23.0 Å². The van der Waals surface area contributed by atoms with Crippen LogP contribution in [0.25, 0.3) is 0 Å². The Bertz CT molecular complexity index is 1360. The highest BCUT2D eigenvalue weighted by Crippen LogP contribution is 2.45. The van der Waals surface area contributed by atoms with Gasteiger partial charge in [-0.05, 0) is 62.4 Å². The Morgan fingerprint density at radius 3 is 2.51 bits per heavy atom. The van der Waals surface area contributed by atoms with Gasteiger partial charge in [0.05, 0.1) is 17.8 Å². The Morgan fingerprint density at radius 1 is 1.12 bits per heavy atom. The first kappa shape index (κ1) is 30.7. The number of aldehydes is 2. The number of thioether (sulfide) groups is 1. The van der Waals surface area contributed by atoms with Crippen LogP contribution in [0.1, 0.15) is 60.7 Å². The lowest BCUT2D eigenvalue weighted by molar-refractivity contribution is -0.130. The van der Waals surface area contributed by atoms with E-state index in [-0.39, 0.29) is 29.0 Å². The van der Waals surface area contributed by atoms with Crippen molar-refractivity contribution in [2.45, 2.75) is 77.4 Å². The lowest BCUT2D eigenvalue weighted by Crippen LogP contribution is -2.39. The number of aliphatic hydroxyl groups is 1. The maximum atomic E-state index is 13.6. The van der Waals surface area contributed by atoms with E-state index in [2.05, 4.69) is 42.3 Å². The van der Waals surface area contributed by atoms with Crippen molar-refractivity contribution in [3.63, 3.8) is 0 Å². The molecule has 1 saturated heterocycles. The van der Waals surface area contributed by atoms with Crippen molar-refractivity contribution in [3.8, 4) is 0 Å². The molecule has 8 nitrogen and oxygen atoms in total. The van der Waals surface area contributed by atoms with Crippen molar-refractivity contribution in [3.05, 3.63) is 75.3 Å². The van der Waals surface area contributed by atoms with E-state index in [9.17, 15) is 24.3 Å². The van der Waals surface area contributed by atoms with Crippen molar-refractivity contribution in [2.75, 3.05) is 11.9 Å². The summed E-state index contributed by atoms with van der Waals surface area (Å²) in [5.41, 5.74) is 4.92. The molecular formula is C32H39N3O5S. The number of aryl methyl sites for hydroxylation is 2. The molecule has 2 heterocycles. The average molecular weight is 578 g/mol. The molecule has 0 aromatic heterocycles. The maximum Gasteiger partial charge on any atom is 0.241 e. The summed E-state index contributed by atoms with van der Waals surface area (Å²) in [5.74, 6) is -0.495. The Kier molecular flexibility index (Phi) is 9.84. The average Bonchev–Trinajstić information content (AvgIpc) is 3.44. The molecule has 218 valence electrons. The molecule has 0 bridgehead atoms. The van der Waals surface area contributed by atoms with Crippen LogP contribution in [-0.2, 0) is 20.9 Å². The fourth-order valence-electron chi connectivity index (χ4n) is 5.90. The Hall–Kier alpha value is -3.27. The highest BCUT2D eigenvalue weighted by atomic mass is 32.2. The van der Waals surface area contributed by atoms with Crippen LogP contribution in [0, 0.1) is 19.8 Å². The van der Waals surface area contributed by atoms with Crippen molar-refractivity contribution < 1.29 is 24.3 Å². The SMILES string of the molecule is CC(=O)N1C(C=O)=C(S[C@H]2C[C@@H](C(=O)Nc3cccc(C=O)c3)N(Cc3ccc(C)c(C)c3)C2)[C@H](C)[C@@H]1C[C@@H](C)O. The molecule has 41 heavy (non-hydrogen) atoms. The van der Waals surface area contributed by atoms with Gasteiger partial charge < -0.3 is 15.3 Å². The van der Waals surface area contributed by atoms with Crippen LogP contribution < -0.4 is 5.32 Å². The molecule has 0 aliphatic carbocycles. The van der Waals surface area contributed by atoms with Gasteiger partial charge in [-0.15, -0.1) is 11.8 Å². The number of nitrogens with one attached hydrogen (secondary N) is 1. The predicted molar refractivity (Wildman–Crippen MR) is 161 cm³/mol. The minimum absolute atomic E-state index is 0.00473. The summed E-state index contributed by atoms with van der Waals surface area (Å²) in [7, 11) is 0. The number of amides is 2. The third-order valence-electron chi connectivity index (χ3n) is 8.08. The Labute approximate surface area is 246 Å². The highest BCUT2D eigenvalue weighted by Gasteiger charge is 2.44. The van der Waals surface area contributed by atoms with Crippen LogP contribution in [0.2, 0.25) is 0 Å². The second-order valence-corrected chi connectivity index (χ2v) is 12.6. The molecule has 5 atom stereocenters. The smallest absolute Gasteiger partial charge is 0.241 e. The fraction of sp³-hybridized carbons (Fsp3) is 0.438. The molecule has 0 unspecified atom stereocenters. The summed E-state index contributed by atoms with van der Waals surface area (Å²) >= 11 is 1.57. The third kappa shape index (κ3) is 6.97. The maximum absolute atomic E-state index is 13.6. The van der Waals surface area contributed by atoms with Crippen molar-refractivity contribution in [2.24, 2.45) is 5.92 Å². The second-order valence-electron chi connectivity index (χ2n) is 11.3. The van der Waals surface area contributed by atoms with E-state index in [1.807, 2.05) is 6.92 Å².